The van der Waals surface area contributed by atoms with Gasteiger partial charge in [-0.1, -0.05) is 67.9 Å². The van der Waals surface area contributed by atoms with Crippen LogP contribution in [0.25, 0.3) is 10.8 Å². The first kappa shape index (κ1) is 28.1. The molecule has 0 aliphatic rings. The second-order valence-electron chi connectivity index (χ2n) is 9.16. The smallest absolute Gasteiger partial charge is 0.317 e. The average molecular weight is 511 g/mol. The first-order chi connectivity index (χ1) is 17.5. The molecule has 1 unspecified atom stereocenters. The van der Waals surface area contributed by atoms with Crippen molar-refractivity contribution in [3.63, 3.8) is 0 Å². The van der Waals surface area contributed by atoms with E-state index in [9.17, 15) is 4.79 Å². The number of aliphatic hydroxyl groups excluding tert-OH is 1. The van der Waals surface area contributed by atoms with Gasteiger partial charge < -0.3 is 14.6 Å². The van der Waals surface area contributed by atoms with Gasteiger partial charge >= 0.3 is 6.01 Å². The maximum atomic E-state index is 13.1. The summed E-state index contributed by atoms with van der Waals surface area (Å²) in [6.45, 7) is 4.68. The standard InChI is InChI=1S/C29H38N2O4S/c1-3-4-5-8-23-10-12-26-22-24(11-13-25(26)21-23)9-6-14-29(2,35-28-30-15-7-16-31-28)27(33)36-20-19-34-18-17-32/h7,10-13,15-16,21-22,32H,3-6,8-9,14,17-20H2,1-2H3. The molecule has 2 aromatic carbocycles. The predicted octanol–water partition coefficient (Wildman–Crippen LogP) is 5.79. The fraction of sp³-hybridized carbons (Fsp3) is 0.483. The molecule has 194 valence electrons. The van der Waals surface area contributed by atoms with Gasteiger partial charge in [0, 0.05) is 18.1 Å². The van der Waals surface area contributed by atoms with Gasteiger partial charge in [-0.2, -0.15) is 0 Å². The van der Waals surface area contributed by atoms with E-state index >= 15 is 0 Å². The highest BCUT2D eigenvalue weighted by Gasteiger charge is 2.36. The summed E-state index contributed by atoms with van der Waals surface area (Å²) >= 11 is 1.18. The van der Waals surface area contributed by atoms with Crippen LogP contribution >= 0.6 is 11.8 Å². The molecule has 0 fully saturated rings. The van der Waals surface area contributed by atoms with Crippen molar-refractivity contribution >= 4 is 27.6 Å². The third-order valence-electron chi connectivity index (χ3n) is 6.14. The summed E-state index contributed by atoms with van der Waals surface area (Å²) in [4.78, 5) is 21.4. The molecule has 1 heterocycles. The Morgan fingerprint density at radius 2 is 1.64 bits per heavy atom. The summed E-state index contributed by atoms with van der Waals surface area (Å²) in [5, 5.41) is 11.3. The number of ether oxygens (including phenoxy) is 2. The van der Waals surface area contributed by atoms with Crippen LogP contribution in [0, 0.1) is 0 Å². The molecule has 3 aromatic rings. The van der Waals surface area contributed by atoms with E-state index in [0.29, 0.717) is 18.8 Å². The molecule has 0 aliphatic heterocycles. The van der Waals surface area contributed by atoms with Crippen LogP contribution in [0.15, 0.2) is 54.9 Å². The molecule has 0 bridgehead atoms. The molecule has 6 nitrogen and oxygen atoms in total. The summed E-state index contributed by atoms with van der Waals surface area (Å²) in [7, 11) is 0. The average Bonchev–Trinajstić information content (AvgIpc) is 2.89. The van der Waals surface area contributed by atoms with Crippen molar-refractivity contribution in [2.24, 2.45) is 0 Å². The Kier molecular flexibility index (Phi) is 11.7. The van der Waals surface area contributed by atoms with E-state index in [2.05, 4.69) is 53.3 Å². The van der Waals surface area contributed by atoms with Crippen molar-refractivity contribution in [2.75, 3.05) is 25.6 Å². The maximum absolute atomic E-state index is 13.1. The summed E-state index contributed by atoms with van der Waals surface area (Å²) in [5.74, 6) is 0.499. The van der Waals surface area contributed by atoms with Gasteiger partial charge in [-0.3, -0.25) is 4.79 Å². The molecule has 0 amide bonds. The van der Waals surface area contributed by atoms with Crippen LogP contribution in [0.2, 0.25) is 0 Å². The van der Waals surface area contributed by atoms with Crippen LogP contribution in [0.4, 0.5) is 0 Å². The zero-order chi connectivity index (χ0) is 25.6. The largest absolute Gasteiger partial charge is 0.448 e. The Bertz CT molecular complexity index is 1080. The molecule has 1 aromatic heterocycles. The lowest BCUT2D eigenvalue weighted by Gasteiger charge is -2.27. The highest BCUT2D eigenvalue weighted by Crippen LogP contribution is 2.28. The molecule has 7 heteroatoms. The molecule has 0 spiro atoms. The Morgan fingerprint density at radius 3 is 2.28 bits per heavy atom. The Labute approximate surface area is 218 Å². The highest BCUT2D eigenvalue weighted by molar-refractivity contribution is 8.13. The number of unbranched alkanes of at least 4 members (excludes halogenated alkanes) is 2. The van der Waals surface area contributed by atoms with Crippen LogP contribution in [-0.2, 0) is 22.4 Å². The molecule has 36 heavy (non-hydrogen) atoms. The molecule has 3 rings (SSSR count). The molecule has 1 N–H and O–H groups in total. The normalized spacial score (nSPS) is 13.0. The SMILES string of the molecule is CCCCCc1ccc2cc(CCCC(C)(Oc3ncccn3)C(=O)SCCOCCO)ccc2c1. The van der Waals surface area contributed by atoms with Crippen molar-refractivity contribution in [3.8, 4) is 6.01 Å². The second kappa shape index (κ2) is 14.9. The monoisotopic (exact) mass is 510 g/mol. The molecule has 0 aliphatic carbocycles. The van der Waals surface area contributed by atoms with Crippen molar-refractivity contribution in [1.29, 1.82) is 0 Å². The zero-order valence-corrected chi connectivity index (χ0v) is 22.3. The van der Waals surface area contributed by atoms with Crippen molar-refractivity contribution in [2.45, 2.75) is 64.4 Å². The van der Waals surface area contributed by atoms with Gasteiger partial charge in [-0.25, -0.2) is 9.97 Å². The minimum atomic E-state index is -1.05. The van der Waals surface area contributed by atoms with Crippen LogP contribution in [0.5, 0.6) is 6.01 Å². The van der Waals surface area contributed by atoms with Crippen LogP contribution in [-0.4, -0.2) is 51.4 Å². The number of carbonyl (C=O) groups excluding carboxylic acids is 1. The van der Waals surface area contributed by atoms with Crippen LogP contribution in [0.3, 0.4) is 0 Å². The Morgan fingerprint density at radius 1 is 0.972 bits per heavy atom. The molecule has 0 saturated heterocycles. The van der Waals surface area contributed by atoms with Crippen molar-refractivity contribution in [3.05, 3.63) is 66.0 Å². The molecular weight excluding hydrogens is 472 g/mol. The molecule has 1 atom stereocenters. The summed E-state index contributed by atoms with van der Waals surface area (Å²) in [6, 6.07) is 15.3. The quantitative estimate of drug-likeness (QED) is 0.244. The number of aryl methyl sites for hydroxylation is 2. The number of aliphatic hydroxyl groups is 1. The van der Waals surface area contributed by atoms with Crippen molar-refractivity contribution in [1.82, 2.24) is 9.97 Å². The minimum Gasteiger partial charge on any atom is -0.448 e. The zero-order valence-electron chi connectivity index (χ0n) is 21.4. The van der Waals surface area contributed by atoms with Gasteiger partial charge in [-0.15, -0.1) is 0 Å². The number of fused-ring (bicyclic) bond motifs is 1. The van der Waals surface area contributed by atoms with Crippen LogP contribution in [0.1, 0.15) is 57.1 Å². The molecular formula is C29H38N2O4S. The van der Waals surface area contributed by atoms with E-state index in [1.807, 2.05) is 6.92 Å². The number of nitrogens with zero attached hydrogens (tertiary/aromatic N) is 2. The highest BCUT2D eigenvalue weighted by atomic mass is 32.2. The summed E-state index contributed by atoms with van der Waals surface area (Å²) in [5.41, 5.74) is 1.60. The number of carbonyl (C=O) groups is 1. The van der Waals surface area contributed by atoms with Gasteiger partial charge in [-0.05, 0) is 67.0 Å². The molecule has 0 saturated carbocycles. The van der Waals surface area contributed by atoms with Gasteiger partial charge in [0.2, 0.25) is 5.12 Å². The van der Waals surface area contributed by atoms with E-state index in [1.165, 1.54) is 52.9 Å². The predicted molar refractivity (Wildman–Crippen MR) is 147 cm³/mol. The van der Waals surface area contributed by atoms with Gasteiger partial charge in [0.15, 0.2) is 5.60 Å². The fourth-order valence-corrected chi connectivity index (χ4v) is 4.95. The van der Waals surface area contributed by atoms with E-state index in [0.717, 1.165) is 19.3 Å². The summed E-state index contributed by atoms with van der Waals surface area (Å²) < 4.78 is 11.3. The third kappa shape index (κ3) is 8.87. The lowest BCUT2D eigenvalue weighted by Crippen LogP contribution is -2.41. The number of aromatic nitrogens is 2. The van der Waals surface area contributed by atoms with E-state index in [-0.39, 0.29) is 24.3 Å². The second-order valence-corrected chi connectivity index (χ2v) is 10.2. The molecule has 0 radical (unpaired) electrons. The number of hydrogen-bond donors (Lipinski definition) is 1. The van der Waals surface area contributed by atoms with E-state index in [1.54, 1.807) is 18.5 Å². The first-order valence-electron chi connectivity index (χ1n) is 12.9. The number of benzene rings is 2. The Hall–Kier alpha value is -2.48. The van der Waals surface area contributed by atoms with E-state index < -0.39 is 5.60 Å². The van der Waals surface area contributed by atoms with E-state index in [4.69, 9.17) is 14.6 Å². The lowest BCUT2D eigenvalue weighted by atomic mass is 9.96. The number of rotatable bonds is 16. The lowest BCUT2D eigenvalue weighted by molar-refractivity contribution is -0.125. The topological polar surface area (TPSA) is 81.5 Å². The van der Waals surface area contributed by atoms with Gasteiger partial charge in [0.1, 0.15) is 0 Å². The maximum Gasteiger partial charge on any atom is 0.317 e. The Balaban J connectivity index is 1.61. The minimum absolute atomic E-state index is 0.0281. The van der Waals surface area contributed by atoms with Crippen molar-refractivity contribution < 1.29 is 19.4 Å². The van der Waals surface area contributed by atoms with Gasteiger partial charge in [0.25, 0.3) is 0 Å². The first-order valence-corrected chi connectivity index (χ1v) is 13.9. The third-order valence-corrected chi connectivity index (χ3v) is 7.21. The number of hydrogen-bond acceptors (Lipinski definition) is 7. The number of thioether (sulfide) groups is 1. The summed E-state index contributed by atoms with van der Waals surface area (Å²) in [6.07, 6.45) is 10.3. The fourth-order valence-electron chi connectivity index (χ4n) is 4.11. The van der Waals surface area contributed by atoms with Crippen LogP contribution < -0.4 is 4.74 Å². The van der Waals surface area contributed by atoms with Gasteiger partial charge in [0.05, 0.1) is 19.8 Å².